The highest BCUT2D eigenvalue weighted by Crippen LogP contribution is 2.27. The minimum atomic E-state index is -0.508. The van der Waals surface area contributed by atoms with Crippen LogP contribution in [0.5, 0.6) is 5.75 Å². The molecule has 1 heterocycles. The fraction of sp³-hybridized carbons (Fsp3) is 0.600. The molecule has 0 bridgehead atoms. The Morgan fingerprint density at radius 1 is 1.30 bits per heavy atom. The van der Waals surface area contributed by atoms with Crippen molar-refractivity contribution in [2.75, 3.05) is 46.4 Å². The molecule has 0 aliphatic carbocycles. The molecule has 0 amide bonds. The van der Waals surface area contributed by atoms with E-state index in [0.717, 1.165) is 38.3 Å². The first-order chi connectivity index (χ1) is 9.56. The van der Waals surface area contributed by atoms with Crippen LogP contribution in [0.2, 0.25) is 5.02 Å². The van der Waals surface area contributed by atoms with E-state index in [1.54, 1.807) is 13.0 Å². The summed E-state index contributed by atoms with van der Waals surface area (Å²) in [5.74, 6) is 0.685. The van der Waals surface area contributed by atoms with Crippen LogP contribution in [-0.2, 0) is 0 Å². The van der Waals surface area contributed by atoms with E-state index in [-0.39, 0.29) is 0 Å². The number of halogens is 1. The maximum absolute atomic E-state index is 9.50. The van der Waals surface area contributed by atoms with E-state index in [4.69, 9.17) is 16.3 Å². The normalized spacial score (nSPS) is 19.0. The van der Waals surface area contributed by atoms with Crippen molar-refractivity contribution in [3.05, 3.63) is 28.8 Å². The van der Waals surface area contributed by atoms with Crippen molar-refractivity contribution in [2.24, 2.45) is 0 Å². The number of ether oxygens (including phenoxy) is 1. The number of aliphatic hydroxyl groups excluding tert-OH is 1. The summed E-state index contributed by atoms with van der Waals surface area (Å²) in [6.45, 7) is 7.69. The average Bonchev–Trinajstić information content (AvgIpc) is 2.42. The first-order valence-corrected chi connectivity index (χ1v) is 7.45. The summed E-state index contributed by atoms with van der Waals surface area (Å²) in [7, 11) is 2.15. The lowest BCUT2D eigenvalue weighted by Crippen LogP contribution is -2.45. The number of aliphatic hydroxyl groups is 1. The molecular formula is C15H23ClN2O2. The lowest BCUT2D eigenvalue weighted by molar-refractivity contribution is 0.133. The van der Waals surface area contributed by atoms with Gasteiger partial charge in [0, 0.05) is 32.7 Å². The Kier molecular flexibility index (Phi) is 5.66. The maximum atomic E-state index is 9.50. The molecule has 4 nitrogen and oxygen atoms in total. The van der Waals surface area contributed by atoms with Gasteiger partial charge in [0.15, 0.2) is 0 Å². The van der Waals surface area contributed by atoms with Crippen LogP contribution in [-0.4, -0.2) is 61.3 Å². The topological polar surface area (TPSA) is 35.9 Å². The van der Waals surface area contributed by atoms with Crippen LogP contribution >= 0.6 is 11.6 Å². The van der Waals surface area contributed by atoms with Crippen LogP contribution < -0.4 is 4.74 Å². The summed E-state index contributed by atoms with van der Waals surface area (Å²) < 4.78 is 5.73. The van der Waals surface area contributed by atoms with E-state index >= 15 is 0 Å². The predicted molar refractivity (Wildman–Crippen MR) is 81.5 cm³/mol. The molecule has 112 valence electrons. The van der Waals surface area contributed by atoms with E-state index < -0.39 is 6.10 Å². The molecule has 5 heteroatoms. The van der Waals surface area contributed by atoms with Gasteiger partial charge in [0.2, 0.25) is 0 Å². The van der Waals surface area contributed by atoms with Crippen LogP contribution in [0, 0.1) is 0 Å². The standard InChI is InChI=1S/C15H23ClN2O2/c1-12(19)13-3-4-15(14(16)11-13)20-10-9-18-7-5-17(2)6-8-18/h3-4,11-12,19H,5-10H2,1-2H3. The van der Waals surface area contributed by atoms with E-state index in [1.165, 1.54) is 0 Å². The smallest absolute Gasteiger partial charge is 0.137 e. The molecule has 1 aromatic carbocycles. The molecule has 0 spiro atoms. The molecule has 1 atom stereocenters. The van der Waals surface area contributed by atoms with Crippen LogP contribution in [0.25, 0.3) is 0 Å². The number of nitrogens with zero attached hydrogens (tertiary/aromatic N) is 2. The van der Waals surface area contributed by atoms with Gasteiger partial charge >= 0.3 is 0 Å². The number of hydrogen-bond acceptors (Lipinski definition) is 4. The monoisotopic (exact) mass is 298 g/mol. The Balaban J connectivity index is 1.79. The van der Waals surface area contributed by atoms with Gasteiger partial charge in [-0.15, -0.1) is 0 Å². The highest BCUT2D eigenvalue weighted by atomic mass is 35.5. The predicted octanol–water partition coefficient (Wildman–Crippen LogP) is 2.02. The summed E-state index contributed by atoms with van der Waals surface area (Å²) in [5, 5.41) is 10.1. The van der Waals surface area contributed by atoms with Gasteiger partial charge in [-0.05, 0) is 31.7 Å². The Hall–Kier alpha value is -0.810. The Morgan fingerprint density at radius 2 is 2.00 bits per heavy atom. The first-order valence-electron chi connectivity index (χ1n) is 7.07. The highest BCUT2D eigenvalue weighted by Gasteiger charge is 2.13. The van der Waals surface area contributed by atoms with Crippen LogP contribution in [0.1, 0.15) is 18.6 Å². The number of piperazine rings is 1. The molecule has 0 saturated carbocycles. The third-order valence-corrected chi connectivity index (χ3v) is 3.99. The minimum Gasteiger partial charge on any atom is -0.491 e. The van der Waals surface area contributed by atoms with Crippen molar-refractivity contribution in [3.63, 3.8) is 0 Å². The van der Waals surface area contributed by atoms with Gasteiger partial charge in [-0.2, -0.15) is 0 Å². The number of rotatable bonds is 5. The molecule has 2 rings (SSSR count). The van der Waals surface area contributed by atoms with Gasteiger partial charge in [0.05, 0.1) is 11.1 Å². The van der Waals surface area contributed by atoms with E-state index in [2.05, 4.69) is 16.8 Å². The van der Waals surface area contributed by atoms with Gasteiger partial charge in [-0.1, -0.05) is 17.7 Å². The summed E-state index contributed by atoms with van der Waals surface area (Å²) in [4.78, 5) is 4.74. The minimum absolute atomic E-state index is 0.508. The molecule has 1 unspecified atom stereocenters. The quantitative estimate of drug-likeness (QED) is 0.902. The maximum Gasteiger partial charge on any atom is 0.137 e. The molecule has 20 heavy (non-hydrogen) atoms. The molecule has 1 aliphatic heterocycles. The average molecular weight is 299 g/mol. The zero-order chi connectivity index (χ0) is 14.5. The largest absolute Gasteiger partial charge is 0.491 e. The molecule has 0 radical (unpaired) electrons. The van der Waals surface area contributed by atoms with Crippen LogP contribution in [0.3, 0.4) is 0 Å². The molecule has 1 fully saturated rings. The number of likely N-dealkylation sites (N-methyl/N-ethyl adjacent to an activating group) is 1. The van der Waals surface area contributed by atoms with Gasteiger partial charge in [0.1, 0.15) is 12.4 Å². The SMILES string of the molecule is CC(O)c1ccc(OCCN2CCN(C)CC2)c(Cl)c1. The van der Waals surface area contributed by atoms with Crippen molar-refractivity contribution in [1.29, 1.82) is 0 Å². The fourth-order valence-electron chi connectivity index (χ4n) is 2.25. The van der Waals surface area contributed by atoms with Gasteiger partial charge < -0.3 is 14.7 Å². The zero-order valence-electron chi connectivity index (χ0n) is 12.2. The summed E-state index contributed by atoms with van der Waals surface area (Å²) >= 11 is 6.16. The highest BCUT2D eigenvalue weighted by molar-refractivity contribution is 6.32. The third-order valence-electron chi connectivity index (χ3n) is 3.70. The second-order valence-corrected chi connectivity index (χ2v) is 5.77. The number of benzene rings is 1. The number of hydrogen-bond donors (Lipinski definition) is 1. The molecule has 1 saturated heterocycles. The molecule has 1 N–H and O–H groups in total. The second kappa shape index (κ2) is 7.27. The van der Waals surface area contributed by atoms with Crippen molar-refractivity contribution in [1.82, 2.24) is 9.80 Å². The second-order valence-electron chi connectivity index (χ2n) is 5.36. The lowest BCUT2D eigenvalue weighted by Gasteiger charge is -2.32. The molecular weight excluding hydrogens is 276 g/mol. The van der Waals surface area contributed by atoms with Gasteiger partial charge in [-0.3, -0.25) is 4.90 Å². The summed E-state index contributed by atoms with van der Waals surface area (Å²) in [6.07, 6.45) is -0.508. The molecule has 1 aromatic rings. The van der Waals surface area contributed by atoms with Gasteiger partial charge in [0.25, 0.3) is 0 Å². The van der Waals surface area contributed by atoms with Gasteiger partial charge in [-0.25, -0.2) is 0 Å². The van der Waals surface area contributed by atoms with Crippen molar-refractivity contribution in [2.45, 2.75) is 13.0 Å². The lowest BCUT2D eigenvalue weighted by atomic mass is 10.1. The fourth-order valence-corrected chi connectivity index (χ4v) is 2.49. The van der Waals surface area contributed by atoms with Crippen molar-refractivity contribution in [3.8, 4) is 5.75 Å². The van der Waals surface area contributed by atoms with E-state index in [1.807, 2.05) is 12.1 Å². The summed E-state index contributed by atoms with van der Waals surface area (Å²) in [6, 6.07) is 5.44. The third kappa shape index (κ3) is 4.35. The summed E-state index contributed by atoms with van der Waals surface area (Å²) in [5.41, 5.74) is 0.807. The Morgan fingerprint density at radius 3 is 2.60 bits per heavy atom. The Labute approximate surface area is 125 Å². The first kappa shape index (κ1) is 15.6. The zero-order valence-corrected chi connectivity index (χ0v) is 12.9. The Bertz CT molecular complexity index is 432. The van der Waals surface area contributed by atoms with E-state index in [9.17, 15) is 5.11 Å². The van der Waals surface area contributed by atoms with Crippen LogP contribution in [0.15, 0.2) is 18.2 Å². The molecule has 1 aliphatic rings. The van der Waals surface area contributed by atoms with Crippen molar-refractivity contribution < 1.29 is 9.84 Å². The van der Waals surface area contributed by atoms with E-state index in [0.29, 0.717) is 17.4 Å². The van der Waals surface area contributed by atoms with Crippen molar-refractivity contribution >= 4 is 11.6 Å². The van der Waals surface area contributed by atoms with Crippen LogP contribution in [0.4, 0.5) is 0 Å². The molecule has 0 aromatic heterocycles.